The average Bonchev–Trinajstić information content (AvgIpc) is 3.32. The Kier molecular flexibility index (Phi) is 3.90. The fourth-order valence-corrected chi connectivity index (χ4v) is 3.89. The summed E-state index contributed by atoms with van der Waals surface area (Å²) in [7, 11) is 0. The van der Waals surface area contributed by atoms with E-state index >= 15 is 0 Å². The number of carbonyl (C=O) groups is 1. The highest BCUT2D eigenvalue weighted by Crippen LogP contribution is 2.41. The Hall–Kier alpha value is -1.73. The molecule has 2 aromatic rings. The molecule has 3 heterocycles. The minimum absolute atomic E-state index is 0.0924. The van der Waals surface area contributed by atoms with Gasteiger partial charge in [-0.2, -0.15) is 0 Å². The second-order valence-corrected chi connectivity index (χ2v) is 7.26. The molecule has 1 saturated heterocycles. The van der Waals surface area contributed by atoms with E-state index in [1.165, 1.54) is 19.2 Å². The molecule has 6 nitrogen and oxygen atoms in total. The number of rotatable bonds is 3. The van der Waals surface area contributed by atoms with E-state index in [4.69, 9.17) is 11.6 Å². The molecule has 0 aromatic carbocycles. The molecule has 1 amide bonds. The van der Waals surface area contributed by atoms with E-state index in [1.54, 1.807) is 23.6 Å². The lowest BCUT2D eigenvalue weighted by Gasteiger charge is -2.35. The molecule has 0 bridgehead atoms. The standard InChI is InChI=1S/C15H16ClN5OS/c16-12-7-13(19-9-18-12)20-3-5-21(6-4-20)15(22)11-8-17-14(23-11)10-1-2-10/h7-10H,1-6H2. The quantitative estimate of drug-likeness (QED) is 0.796. The third kappa shape index (κ3) is 3.16. The molecule has 1 saturated carbocycles. The number of amides is 1. The first-order valence-electron chi connectivity index (χ1n) is 7.68. The third-order valence-electron chi connectivity index (χ3n) is 4.17. The second-order valence-electron chi connectivity index (χ2n) is 5.82. The van der Waals surface area contributed by atoms with Crippen molar-refractivity contribution in [2.75, 3.05) is 31.1 Å². The molecular formula is C15H16ClN5OS. The molecule has 1 aliphatic heterocycles. The minimum Gasteiger partial charge on any atom is -0.353 e. The zero-order chi connectivity index (χ0) is 15.8. The zero-order valence-electron chi connectivity index (χ0n) is 12.5. The molecule has 2 aromatic heterocycles. The summed E-state index contributed by atoms with van der Waals surface area (Å²) in [6.07, 6.45) is 5.62. The Morgan fingerprint density at radius 2 is 1.96 bits per heavy atom. The van der Waals surface area contributed by atoms with Gasteiger partial charge in [0.15, 0.2) is 0 Å². The highest BCUT2D eigenvalue weighted by molar-refractivity contribution is 7.13. The van der Waals surface area contributed by atoms with Crippen LogP contribution in [0, 0.1) is 0 Å². The van der Waals surface area contributed by atoms with Crippen LogP contribution in [0.3, 0.4) is 0 Å². The molecule has 4 rings (SSSR count). The summed E-state index contributed by atoms with van der Waals surface area (Å²) in [5.74, 6) is 1.50. The van der Waals surface area contributed by atoms with Crippen LogP contribution in [0.5, 0.6) is 0 Å². The van der Waals surface area contributed by atoms with Crippen LogP contribution in [-0.4, -0.2) is 51.9 Å². The first kappa shape index (κ1) is 14.8. The van der Waals surface area contributed by atoms with Crippen molar-refractivity contribution in [2.45, 2.75) is 18.8 Å². The van der Waals surface area contributed by atoms with E-state index in [0.717, 1.165) is 28.8 Å². The summed E-state index contributed by atoms with van der Waals surface area (Å²) in [6.45, 7) is 2.84. The van der Waals surface area contributed by atoms with Crippen LogP contribution in [0.15, 0.2) is 18.6 Å². The Balaban J connectivity index is 1.39. The van der Waals surface area contributed by atoms with Crippen molar-refractivity contribution < 1.29 is 4.79 Å². The van der Waals surface area contributed by atoms with Crippen molar-refractivity contribution in [1.82, 2.24) is 19.9 Å². The van der Waals surface area contributed by atoms with Crippen LogP contribution in [-0.2, 0) is 0 Å². The number of halogens is 1. The predicted molar refractivity (Wildman–Crippen MR) is 89.2 cm³/mol. The van der Waals surface area contributed by atoms with E-state index in [9.17, 15) is 4.79 Å². The summed E-state index contributed by atoms with van der Waals surface area (Å²) in [5.41, 5.74) is 0. The number of hydrogen-bond acceptors (Lipinski definition) is 6. The van der Waals surface area contributed by atoms with Gasteiger partial charge in [-0.3, -0.25) is 4.79 Å². The molecule has 8 heteroatoms. The topological polar surface area (TPSA) is 62.2 Å². The lowest BCUT2D eigenvalue weighted by atomic mass is 10.3. The molecule has 0 radical (unpaired) electrons. The third-order valence-corrected chi connectivity index (χ3v) is 5.53. The van der Waals surface area contributed by atoms with Crippen molar-refractivity contribution in [3.63, 3.8) is 0 Å². The Morgan fingerprint density at radius 1 is 1.17 bits per heavy atom. The van der Waals surface area contributed by atoms with Gasteiger partial charge in [0.1, 0.15) is 22.2 Å². The van der Waals surface area contributed by atoms with Crippen LogP contribution in [0.4, 0.5) is 5.82 Å². The monoisotopic (exact) mass is 349 g/mol. The van der Waals surface area contributed by atoms with E-state index in [0.29, 0.717) is 24.2 Å². The largest absolute Gasteiger partial charge is 0.353 e. The van der Waals surface area contributed by atoms with E-state index in [1.807, 2.05) is 4.90 Å². The maximum Gasteiger partial charge on any atom is 0.265 e. The highest BCUT2D eigenvalue weighted by Gasteiger charge is 2.29. The maximum absolute atomic E-state index is 12.6. The Bertz CT molecular complexity index is 724. The van der Waals surface area contributed by atoms with Gasteiger partial charge >= 0.3 is 0 Å². The number of nitrogens with zero attached hydrogens (tertiary/aromatic N) is 5. The van der Waals surface area contributed by atoms with Crippen LogP contribution < -0.4 is 4.90 Å². The van der Waals surface area contributed by atoms with E-state index < -0.39 is 0 Å². The lowest BCUT2D eigenvalue weighted by molar-refractivity contribution is 0.0751. The molecule has 2 fully saturated rings. The zero-order valence-corrected chi connectivity index (χ0v) is 14.1. The molecule has 1 aliphatic carbocycles. The number of aromatic nitrogens is 3. The first-order chi connectivity index (χ1) is 11.2. The van der Waals surface area contributed by atoms with Gasteiger partial charge < -0.3 is 9.80 Å². The Morgan fingerprint density at radius 3 is 2.65 bits per heavy atom. The average molecular weight is 350 g/mol. The van der Waals surface area contributed by atoms with Crippen molar-refractivity contribution >= 4 is 34.7 Å². The summed E-state index contributed by atoms with van der Waals surface area (Å²) in [4.78, 5) is 29.9. The molecule has 0 N–H and O–H groups in total. The Labute approximate surface area is 143 Å². The molecule has 120 valence electrons. The van der Waals surface area contributed by atoms with Gasteiger partial charge in [-0.25, -0.2) is 15.0 Å². The van der Waals surface area contributed by atoms with Gasteiger partial charge in [-0.15, -0.1) is 11.3 Å². The molecule has 23 heavy (non-hydrogen) atoms. The maximum atomic E-state index is 12.6. The highest BCUT2D eigenvalue weighted by atomic mass is 35.5. The summed E-state index contributed by atoms with van der Waals surface area (Å²) < 4.78 is 0. The fraction of sp³-hybridized carbons (Fsp3) is 0.467. The van der Waals surface area contributed by atoms with Gasteiger partial charge in [-0.05, 0) is 12.8 Å². The van der Waals surface area contributed by atoms with Crippen LogP contribution in [0.1, 0.15) is 33.4 Å². The minimum atomic E-state index is 0.0924. The van der Waals surface area contributed by atoms with Gasteiger partial charge in [0.25, 0.3) is 5.91 Å². The second kappa shape index (κ2) is 6.05. The lowest BCUT2D eigenvalue weighted by Crippen LogP contribution is -2.48. The smallest absolute Gasteiger partial charge is 0.265 e. The molecule has 0 atom stereocenters. The SMILES string of the molecule is O=C(c1cnc(C2CC2)s1)N1CCN(c2cc(Cl)ncn2)CC1. The fourth-order valence-electron chi connectivity index (χ4n) is 2.70. The number of piperazine rings is 1. The summed E-state index contributed by atoms with van der Waals surface area (Å²) in [5, 5.41) is 1.55. The van der Waals surface area contributed by atoms with Gasteiger partial charge in [0.05, 0.1) is 11.2 Å². The number of carbonyl (C=O) groups excluding carboxylic acids is 1. The number of thiazole rings is 1. The molecule has 0 spiro atoms. The summed E-state index contributed by atoms with van der Waals surface area (Å²) in [6, 6.07) is 1.75. The van der Waals surface area contributed by atoms with Gasteiger partial charge in [0.2, 0.25) is 0 Å². The number of anilines is 1. The van der Waals surface area contributed by atoms with E-state index in [-0.39, 0.29) is 5.91 Å². The van der Waals surface area contributed by atoms with Crippen LogP contribution in [0.25, 0.3) is 0 Å². The van der Waals surface area contributed by atoms with Gasteiger partial charge in [0, 0.05) is 38.2 Å². The van der Waals surface area contributed by atoms with Crippen molar-refractivity contribution in [3.8, 4) is 0 Å². The normalized spacial score (nSPS) is 18.3. The number of hydrogen-bond donors (Lipinski definition) is 0. The van der Waals surface area contributed by atoms with Crippen molar-refractivity contribution in [1.29, 1.82) is 0 Å². The predicted octanol–water partition coefficient (Wildman–Crippen LogP) is 2.43. The summed E-state index contributed by atoms with van der Waals surface area (Å²) >= 11 is 7.46. The van der Waals surface area contributed by atoms with E-state index in [2.05, 4.69) is 19.9 Å². The van der Waals surface area contributed by atoms with Crippen LogP contribution >= 0.6 is 22.9 Å². The first-order valence-corrected chi connectivity index (χ1v) is 8.87. The van der Waals surface area contributed by atoms with Crippen LogP contribution in [0.2, 0.25) is 5.15 Å². The van der Waals surface area contributed by atoms with Crippen molar-refractivity contribution in [3.05, 3.63) is 33.6 Å². The molecule has 0 unspecified atom stereocenters. The van der Waals surface area contributed by atoms with Crippen molar-refractivity contribution in [2.24, 2.45) is 0 Å². The molecule has 2 aliphatic rings. The molecular weight excluding hydrogens is 334 g/mol. The van der Waals surface area contributed by atoms with Gasteiger partial charge in [-0.1, -0.05) is 11.6 Å².